The number of carbonyl (C=O) groups excluding carboxylic acids is 2. The van der Waals surface area contributed by atoms with Crippen LogP contribution in [-0.2, 0) is 17.9 Å². The van der Waals surface area contributed by atoms with E-state index >= 15 is 0 Å². The highest BCUT2D eigenvalue weighted by atomic mass is 16.2. The van der Waals surface area contributed by atoms with Crippen LogP contribution >= 0.6 is 0 Å². The van der Waals surface area contributed by atoms with Gasteiger partial charge in [-0.15, -0.1) is 5.10 Å². The summed E-state index contributed by atoms with van der Waals surface area (Å²) in [6.07, 6.45) is 1.93. The molecule has 0 saturated carbocycles. The van der Waals surface area contributed by atoms with E-state index in [0.717, 1.165) is 16.8 Å². The van der Waals surface area contributed by atoms with Gasteiger partial charge < -0.3 is 5.32 Å². The zero-order chi connectivity index (χ0) is 21.3. The van der Waals surface area contributed by atoms with Gasteiger partial charge >= 0.3 is 0 Å². The molecule has 30 heavy (non-hydrogen) atoms. The maximum absolute atomic E-state index is 12.9. The lowest BCUT2D eigenvalue weighted by atomic mass is 10.2. The predicted octanol–water partition coefficient (Wildman–Crippen LogP) is 1.72. The number of benzene rings is 1. The zero-order valence-electron chi connectivity index (χ0n) is 16.9. The first-order chi connectivity index (χ1) is 14.4. The van der Waals surface area contributed by atoms with Crippen LogP contribution < -0.4 is 10.2 Å². The number of rotatable bonds is 5. The molecule has 4 rings (SSSR count). The number of anilines is 1. The number of likely N-dealkylation sites (N-methyl/N-ethyl adjacent to an activating group) is 1. The highest BCUT2D eigenvalue weighted by molar-refractivity contribution is 6.01. The third-order valence-electron chi connectivity index (χ3n) is 5.03. The Morgan fingerprint density at radius 2 is 2.03 bits per heavy atom. The third-order valence-corrected chi connectivity index (χ3v) is 5.03. The predicted molar refractivity (Wildman–Crippen MR) is 112 cm³/mol. The lowest BCUT2D eigenvalue weighted by Crippen LogP contribution is -2.47. The molecule has 1 aliphatic heterocycles. The van der Waals surface area contributed by atoms with Crippen LogP contribution in [0, 0.1) is 0 Å². The molecule has 3 heterocycles. The number of nitrogens with one attached hydrogen (secondary N) is 1. The average molecular weight is 405 g/mol. The summed E-state index contributed by atoms with van der Waals surface area (Å²) in [6.45, 7) is 6.78. The molecule has 0 radical (unpaired) electrons. The molecule has 0 unspecified atom stereocenters. The fraction of sp³-hybridized carbons (Fsp3) is 0.286. The minimum atomic E-state index is -0.682. The molecule has 0 fully saturated rings. The van der Waals surface area contributed by atoms with Crippen molar-refractivity contribution in [3.05, 3.63) is 66.4 Å². The first-order valence-electron chi connectivity index (χ1n) is 9.68. The van der Waals surface area contributed by atoms with E-state index < -0.39 is 11.9 Å². The molecule has 2 aromatic heterocycles. The summed E-state index contributed by atoms with van der Waals surface area (Å²) in [5, 5.41) is 11.5. The van der Waals surface area contributed by atoms with E-state index in [1.165, 1.54) is 11.2 Å². The largest absolute Gasteiger partial charge is 0.337 e. The Balaban J connectivity index is 1.44. The molecule has 1 atom stereocenters. The summed E-state index contributed by atoms with van der Waals surface area (Å²) in [7, 11) is 1.68. The summed E-state index contributed by atoms with van der Waals surface area (Å²) < 4.78 is 3.36. The van der Waals surface area contributed by atoms with Gasteiger partial charge in [0.15, 0.2) is 0 Å². The maximum Gasteiger partial charge on any atom is 0.291 e. The monoisotopic (exact) mass is 405 g/mol. The van der Waals surface area contributed by atoms with Crippen LogP contribution in [0.5, 0.6) is 0 Å². The van der Waals surface area contributed by atoms with E-state index in [-0.39, 0.29) is 11.7 Å². The van der Waals surface area contributed by atoms with Crippen molar-refractivity contribution < 1.29 is 9.59 Å². The first kappa shape index (κ1) is 19.6. The number of nitrogens with zero attached hydrogens (tertiary/aromatic N) is 6. The van der Waals surface area contributed by atoms with Crippen molar-refractivity contribution in [3.63, 3.8) is 0 Å². The van der Waals surface area contributed by atoms with Crippen LogP contribution in [0.4, 0.5) is 5.82 Å². The number of aryl methyl sites for hydroxylation is 1. The Hall–Kier alpha value is -3.75. The SMILES string of the molecule is C=C(C)c1cc2n(n1)CC[C@H](NC(=O)c1ncn(Cc3ccccc3)n1)C(=O)N2C. The minimum Gasteiger partial charge on any atom is -0.337 e. The van der Waals surface area contributed by atoms with Crippen LogP contribution in [0.2, 0.25) is 0 Å². The van der Waals surface area contributed by atoms with Gasteiger partial charge in [-0.3, -0.25) is 14.5 Å². The van der Waals surface area contributed by atoms with Crippen LogP contribution in [0.1, 0.15) is 35.2 Å². The van der Waals surface area contributed by atoms with E-state index in [0.29, 0.717) is 25.3 Å². The van der Waals surface area contributed by atoms with Crippen molar-refractivity contribution in [3.8, 4) is 0 Å². The second-order valence-electron chi connectivity index (χ2n) is 7.35. The first-order valence-corrected chi connectivity index (χ1v) is 9.68. The molecular weight excluding hydrogens is 382 g/mol. The lowest BCUT2D eigenvalue weighted by Gasteiger charge is -2.19. The van der Waals surface area contributed by atoms with Crippen molar-refractivity contribution in [2.75, 3.05) is 11.9 Å². The van der Waals surface area contributed by atoms with Gasteiger partial charge in [-0.2, -0.15) is 5.10 Å². The molecule has 0 aliphatic carbocycles. The van der Waals surface area contributed by atoms with Crippen molar-refractivity contribution in [1.29, 1.82) is 0 Å². The van der Waals surface area contributed by atoms with Gasteiger partial charge in [0.1, 0.15) is 18.2 Å². The quantitative estimate of drug-likeness (QED) is 0.697. The van der Waals surface area contributed by atoms with Gasteiger partial charge in [0.25, 0.3) is 11.8 Å². The summed E-state index contributed by atoms with van der Waals surface area (Å²) in [4.78, 5) is 31.2. The second-order valence-corrected chi connectivity index (χ2v) is 7.35. The second kappa shape index (κ2) is 7.94. The number of allylic oxidation sites excluding steroid dienone is 1. The summed E-state index contributed by atoms with van der Waals surface area (Å²) in [6, 6.07) is 10.9. The zero-order valence-corrected chi connectivity index (χ0v) is 16.9. The van der Waals surface area contributed by atoms with E-state index in [9.17, 15) is 9.59 Å². The molecule has 154 valence electrons. The Labute approximate surface area is 174 Å². The van der Waals surface area contributed by atoms with Gasteiger partial charge in [-0.25, -0.2) is 14.3 Å². The Morgan fingerprint density at radius 1 is 1.27 bits per heavy atom. The number of hydrogen-bond acceptors (Lipinski definition) is 5. The van der Waals surface area contributed by atoms with Gasteiger partial charge in [0, 0.05) is 19.7 Å². The Bertz CT molecular complexity index is 1100. The van der Waals surface area contributed by atoms with E-state index in [4.69, 9.17) is 0 Å². The lowest BCUT2D eigenvalue weighted by molar-refractivity contribution is -0.120. The molecule has 1 N–H and O–H groups in total. The van der Waals surface area contributed by atoms with Crippen LogP contribution in [-0.4, -0.2) is 49.4 Å². The topological polar surface area (TPSA) is 97.9 Å². The molecule has 0 saturated heterocycles. The summed E-state index contributed by atoms with van der Waals surface area (Å²) in [5.74, 6) is 0.0302. The molecule has 1 aliphatic rings. The molecule has 0 spiro atoms. The number of carbonyl (C=O) groups is 2. The molecule has 2 amide bonds. The van der Waals surface area contributed by atoms with Crippen molar-refractivity contribution in [2.45, 2.75) is 32.5 Å². The summed E-state index contributed by atoms with van der Waals surface area (Å²) >= 11 is 0. The van der Waals surface area contributed by atoms with Crippen LogP contribution in [0.3, 0.4) is 0 Å². The highest BCUT2D eigenvalue weighted by Gasteiger charge is 2.31. The number of aromatic nitrogens is 5. The number of hydrogen-bond donors (Lipinski definition) is 1. The van der Waals surface area contributed by atoms with Crippen LogP contribution in [0.25, 0.3) is 5.57 Å². The van der Waals surface area contributed by atoms with Crippen molar-refractivity contribution in [2.24, 2.45) is 0 Å². The Kier molecular flexibility index (Phi) is 5.18. The van der Waals surface area contributed by atoms with E-state index in [2.05, 4.69) is 27.1 Å². The number of fused-ring (bicyclic) bond motifs is 1. The van der Waals surface area contributed by atoms with Crippen molar-refractivity contribution >= 4 is 23.2 Å². The van der Waals surface area contributed by atoms with Crippen LogP contribution in [0.15, 0.2) is 49.3 Å². The summed E-state index contributed by atoms with van der Waals surface area (Å²) in [5.41, 5.74) is 2.64. The molecule has 3 aromatic rings. The fourth-order valence-electron chi connectivity index (χ4n) is 3.37. The molecule has 9 nitrogen and oxygen atoms in total. The fourth-order valence-corrected chi connectivity index (χ4v) is 3.37. The van der Waals surface area contributed by atoms with E-state index in [1.807, 2.05) is 43.3 Å². The highest BCUT2D eigenvalue weighted by Crippen LogP contribution is 2.23. The van der Waals surface area contributed by atoms with Gasteiger partial charge in [-0.1, -0.05) is 36.9 Å². The van der Waals surface area contributed by atoms with E-state index in [1.54, 1.807) is 16.4 Å². The smallest absolute Gasteiger partial charge is 0.291 e. The standard InChI is InChI=1S/C21H23N7O2/c1-14(2)17-11-18-26(3)21(30)16(9-10-28(18)24-17)23-20(29)19-22-13-27(25-19)12-15-7-5-4-6-8-15/h4-8,11,13,16H,1,9-10,12H2,2-3H3,(H,23,29)/t16-/m0/s1. The van der Waals surface area contributed by atoms with Crippen molar-refractivity contribution in [1.82, 2.24) is 29.9 Å². The van der Waals surface area contributed by atoms with Gasteiger partial charge in [0.05, 0.1) is 12.2 Å². The molecular formula is C21H23N7O2. The van der Waals surface area contributed by atoms with Gasteiger partial charge in [-0.05, 0) is 24.5 Å². The third kappa shape index (κ3) is 3.86. The average Bonchev–Trinajstić information content (AvgIpc) is 3.36. The maximum atomic E-state index is 12.9. The molecule has 9 heteroatoms. The minimum absolute atomic E-state index is 0.0351. The normalized spacial score (nSPS) is 16.1. The number of amides is 2. The molecule has 0 bridgehead atoms. The van der Waals surface area contributed by atoms with Gasteiger partial charge in [0.2, 0.25) is 5.82 Å². The molecule has 1 aromatic carbocycles. The Morgan fingerprint density at radius 3 is 2.77 bits per heavy atom.